The van der Waals surface area contributed by atoms with E-state index in [2.05, 4.69) is 5.32 Å². The number of rotatable bonds is 6. The van der Waals surface area contributed by atoms with Crippen LogP contribution in [0.25, 0.3) is 0 Å². The molecule has 5 heteroatoms. The van der Waals surface area contributed by atoms with Gasteiger partial charge in [-0.05, 0) is 56.1 Å². The summed E-state index contributed by atoms with van der Waals surface area (Å²) >= 11 is 6.15. The van der Waals surface area contributed by atoms with Crippen LogP contribution in [0.2, 0.25) is 5.02 Å². The Bertz CT molecular complexity index is 635. The van der Waals surface area contributed by atoms with Crippen molar-refractivity contribution in [3.63, 3.8) is 0 Å². The lowest BCUT2D eigenvalue weighted by Crippen LogP contribution is -2.39. The van der Waals surface area contributed by atoms with Crippen molar-refractivity contribution in [2.45, 2.75) is 57.8 Å². The fourth-order valence-electron chi connectivity index (χ4n) is 4.30. The molecule has 1 heterocycles. The van der Waals surface area contributed by atoms with Crippen LogP contribution in [-0.4, -0.2) is 36.3 Å². The second-order valence-corrected chi connectivity index (χ2v) is 8.47. The third-order valence-corrected chi connectivity index (χ3v) is 6.43. The molecule has 0 unspecified atom stereocenters. The molecule has 2 aliphatic rings. The summed E-state index contributed by atoms with van der Waals surface area (Å²) in [6.45, 7) is 2.35. The molecular formula is C22H31ClN2O2. The molecule has 0 atom stereocenters. The zero-order valence-corrected chi connectivity index (χ0v) is 16.8. The molecule has 1 N–H and O–H groups in total. The highest BCUT2D eigenvalue weighted by molar-refractivity contribution is 6.33. The van der Waals surface area contributed by atoms with Crippen molar-refractivity contribution in [1.82, 2.24) is 10.2 Å². The Morgan fingerprint density at radius 3 is 2.41 bits per heavy atom. The molecule has 4 nitrogen and oxygen atoms in total. The highest BCUT2D eigenvalue weighted by Crippen LogP contribution is 2.25. The molecule has 1 saturated heterocycles. The van der Waals surface area contributed by atoms with Gasteiger partial charge in [-0.2, -0.15) is 0 Å². The Balaban J connectivity index is 1.35. The minimum atomic E-state index is 0.0178. The topological polar surface area (TPSA) is 49.4 Å². The number of nitrogens with zero attached hydrogens (tertiary/aromatic N) is 1. The number of amides is 2. The molecule has 1 aromatic rings. The predicted octanol–water partition coefficient (Wildman–Crippen LogP) is 4.67. The minimum absolute atomic E-state index is 0.0178. The predicted molar refractivity (Wildman–Crippen MR) is 109 cm³/mol. The summed E-state index contributed by atoms with van der Waals surface area (Å²) in [5.41, 5.74) is 0.583. The Morgan fingerprint density at radius 2 is 1.70 bits per heavy atom. The van der Waals surface area contributed by atoms with Crippen molar-refractivity contribution in [2.75, 3.05) is 19.6 Å². The lowest BCUT2D eigenvalue weighted by Gasteiger charge is -2.32. The van der Waals surface area contributed by atoms with E-state index in [9.17, 15) is 9.59 Å². The summed E-state index contributed by atoms with van der Waals surface area (Å²) in [7, 11) is 0. The summed E-state index contributed by atoms with van der Waals surface area (Å²) in [5.74, 6) is 1.42. The van der Waals surface area contributed by atoms with Gasteiger partial charge in [0.1, 0.15) is 0 Å². The first-order valence-corrected chi connectivity index (χ1v) is 10.8. The van der Waals surface area contributed by atoms with Crippen LogP contribution >= 0.6 is 11.6 Å². The second kappa shape index (κ2) is 10.1. The average molecular weight is 391 g/mol. The molecule has 0 bridgehead atoms. The number of halogens is 1. The number of carbonyl (C=O) groups excluding carboxylic acids is 2. The first-order valence-electron chi connectivity index (χ1n) is 10.4. The van der Waals surface area contributed by atoms with Crippen molar-refractivity contribution in [3.8, 4) is 0 Å². The van der Waals surface area contributed by atoms with Gasteiger partial charge in [0, 0.05) is 26.1 Å². The van der Waals surface area contributed by atoms with Gasteiger partial charge < -0.3 is 10.2 Å². The smallest absolute Gasteiger partial charge is 0.255 e. The fraction of sp³-hybridized carbons (Fsp3) is 0.636. The lowest BCUT2D eigenvalue weighted by molar-refractivity contribution is -0.121. The van der Waals surface area contributed by atoms with Crippen molar-refractivity contribution in [3.05, 3.63) is 34.9 Å². The zero-order chi connectivity index (χ0) is 19.1. The quantitative estimate of drug-likeness (QED) is 0.767. The molecule has 0 spiro atoms. The summed E-state index contributed by atoms with van der Waals surface area (Å²) in [6.07, 6.45) is 9.95. The summed E-state index contributed by atoms with van der Waals surface area (Å²) < 4.78 is 0. The summed E-state index contributed by atoms with van der Waals surface area (Å²) in [4.78, 5) is 26.6. The van der Waals surface area contributed by atoms with Crippen LogP contribution in [-0.2, 0) is 4.79 Å². The number of hydrogen-bond acceptors (Lipinski definition) is 2. The van der Waals surface area contributed by atoms with Crippen LogP contribution in [0.15, 0.2) is 24.3 Å². The maximum atomic E-state index is 12.6. The summed E-state index contributed by atoms with van der Waals surface area (Å²) in [6, 6.07) is 7.23. The van der Waals surface area contributed by atoms with Crippen molar-refractivity contribution < 1.29 is 9.59 Å². The van der Waals surface area contributed by atoms with E-state index < -0.39 is 0 Å². The minimum Gasteiger partial charge on any atom is -0.356 e. The number of piperidine rings is 1. The van der Waals surface area contributed by atoms with E-state index in [4.69, 9.17) is 11.6 Å². The first kappa shape index (κ1) is 20.2. The van der Waals surface area contributed by atoms with Crippen LogP contribution in [0, 0.1) is 11.8 Å². The maximum absolute atomic E-state index is 12.6. The number of benzene rings is 1. The lowest BCUT2D eigenvalue weighted by atomic mass is 9.89. The SMILES string of the molecule is O=C(CCC1CCN(C(=O)c2ccccc2Cl)CC1)NCC1CCCCC1. The van der Waals surface area contributed by atoms with Gasteiger partial charge in [0.25, 0.3) is 5.91 Å². The van der Waals surface area contributed by atoms with Gasteiger partial charge in [0.15, 0.2) is 0 Å². The molecule has 3 rings (SSSR count). The molecule has 1 aromatic carbocycles. The van der Waals surface area contributed by atoms with Crippen molar-refractivity contribution in [1.29, 1.82) is 0 Å². The van der Waals surface area contributed by atoms with Gasteiger partial charge in [0.05, 0.1) is 10.6 Å². The second-order valence-electron chi connectivity index (χ2n) is 8.06. The monoisotopic (exact) mass is 390 g/mol. The van der Waals surface area contributed by atoms with E-state index in [1.165, 1.54) is 32.1 Å². The highest BCUT2D eigenvalue weighted by atomic mass is 35.5. The van der Waals surface area contributed by atoms with Crippen molar-refractivity contribution >= 4 is 23.4 Å². The maximum Gasteiger partial charge on any atom is 0.255 e. The van der Waals surface area contributed by atoms with Gasteiger partial charge >= 0.3 is 0 Å². The van der Waals surface area contributed by atoms with Crippen LogP contribution in [0.3, 0.4) is 0 Å². The molecule has 0 radical (unpaired) electrons. The van der Waals surface area contributed by atoms with Crippen LogP contribution in [0.4, 0.5) is 0 Å². The number of likely N-dealkylation sites (tertiary alicyclic amines) is 1. The van der Waals surface area contributed by atoms with E-state index in [0.717, 1.165) is 38.9 Å². The van der Waals surface area contributed by atoms with E-state index >= 15 is 0 Å². The molecule has 148 valence electrons. The molecular weight excluding hydrogens is 360 g/mol. The third kappa shape index (κ3) is 5.97. The number of nitrogens with one attached hydrogen (secondary N) is 1. The van der Waals surface area contributed by atoms with Gasteiger partial charge in [-0.3, -0.25) is 9.59 Å². The molecule has 1 aliphatic heterocycles. The van der Waals surface area contributed by atoms with Crippen LogP contribution in [0.5, 0.6) is 0 Å². The molecule has 2 fully saturated rings. The van der Waals surface area contributed by atoms with E-state index in [1.54, 1.807) is 12.1 Å². The van der Waals surface area contributed by atoms with Crippen LogP contribution < -0.4 is 5.32 Å². The van der Waals surface area contributed by atoms with Gasteiger partial charge in [-0.1, -0.05) is 43.0 Å². The number of hydrogen-bond donors (Lipinski definition) is 1. The largest absolute Gasteiger partial charge is 0.356 e. The molecule has 0 aromatic heterocycles. The normalized spacial score (nSPS) is 19.1. The van der Waals surface area contributed by atoms with E-state index in [-0.39, 0.29) is 11.8 Å². The van der Waals surface area contributed by atoms with E-state index in [1.807, 2.05) is 17.0 Å². The highest BCUT2D eigenvalue weighted by Gasteiger charge is 2.25. The average Bonchev–Trinajstić information content (AvgIpc) is 2.72. The number of carbonyl (C=O) groups is 2. The first-order chi connectivity index (χ1) is 13.1. The Morgan fingerprint density at radius 1 is 1.00 bits per heavy atom. The Hall–Kier alpha value is -1.55. The van der Waals surface area contributed by atoms with Gasteiger partial charge in [0.2, 0.25) is 5.91 Å². The molecule has 2 amide bonds. The molecule has 1 aliphatic carbocycles. The van der Waals surface area contributed by atoms with Gasteiger partial charge in [-0.15, -0.1) is 0 Å². The third-order valence-electron chi connectivity index (χ3n) is 6.10. The molecule has 27 heavy (non-hydrogen) atoms. The standard InChI is InChI=1S/C22H31ClN2O2/c23-20-9-5-4-8-19(20)22(27)25-14-12-17(13-15-25)10-11-21(26)24-16-18-6-2-1-3-7-18/h4-5,8-9,17-18H,1-3,6-7,10-16H2,(H,24,26). The van der Waals surface area contributed by atoms with Crippen LogP contribution in [0.1, 0.15) is 68.1 Å². The Kier molecular flexibility index (Phi) is 7.57. The van der Waals surface area contributed by atoms with Gasteiger partial charge in [-0.25, -0.2) is 0 Å². The summed E-state index contributed by atoms with van der Waals surface area (Å²) in [5, 5.41) is 3.64. The fourth-order valence-corrected chi connectivity index (χ4v) is 4.52. The zero-order valence-electron chi connectivity index (χ0n) is 16.1. The van der Waals surface area contributed by atoms with E-state index in [0.29, 0.717) is 28.8 Å². The van der Waals surface area contributed by atoms with Crippen molar-refractivity contribution in [2.24, 2.45) is 11.8 Å². The Labute approximate surface area is 167 Å². The molecule has 1 saturated carbocycles.